The van der Waals surface area contributed by atoms with Crippen molar-refractivity contribution in [2.75, 3.05) is 13.6 Å². The van der Waals surface area contributed by atoms with Crippen molar-refractivity contribution in [3.05, 3.63) is 22.4 Å². The summed E-state index contributed by atoms with van der Waals surface area (Å²) in [6.07, 6.45) is 1.61. The van der Waals surface area contributed by atoms with Gasteiger partial charge < -0.3 is 10.4 Å². The van der Waals surface area contributed by atoms with Gasteiger partial charge in [-0.3, -0.25) is 0 Å². The minimum Gasteiger partial charge on any atom is -0.388 e. The Kier molecular flexibility index (Phi) is 4.29. The molecule has 3 heteroatoms. The first kappa shape index (κ1) is 9.71. The molecule has 0 aliphatic carbocycles. The zero-order chi connectivity index (χ0) is 8.81. The molecular formula is C9H15NOS. The van der Waals surface area contributed by atoms with Crippen molar-refractivity contribution in [2.24, 2.45) is 0 Å². The van der Waals surface area contributed by atoms with Crippen molar-refractivity contribution in [2.45, 2.75) is 18.9 Å². The zero-order valence-electron chi connectivity index (χ0n) is 7.29. The lowest BCUT2D eigenvalue weighted by atomic mass is 10.2. The summed E-state index contributed by atoms with van der Waals surface area (Å²) < 4.78 is 0. The molecule has 2 N–H and O–H groups in total. The van der Waals surface area contributed by atoms with Gasteiger partial charge in [0.1, 0.15) is 0 Å². The van der Waals surface area contributed by atoms with Crippen LogP contribution in [0, 0.1) is 0 Å². The van der Waals surface area contributed by atoms with Crippen molar-refractivity contribution in [3.8, 4) is 0 Å². The van der Waals surface area contributed by atoms with E-state index in [0.717, 1.165) is 24.3 Å². The molecule has 1 rings (SSSR count). The molecular weight excluding hydrogens is 170 g/mol. The highest BCUT2D eigenvalue weighted by Gasteiger charge is 2.06. The summed E-state index contributed by atoms with van der Waals surface area (Å²) in [5.41, 5.74) is 0. The van der Waals surface area contributed by atoms with Gasteiger partial charge >= 0.3 is 0 Å². The summed E-state index contributed by atoms with van der Waals surface area (Å²) in [4.78, 5) is 1.08. The van der Waals surface area contributed by atoms with Gasteiger partial charge in [-0.25, -0.2) is 0 Å². The van der Waals surface area contributed by atoms with Gasteiger partial charge in [-0.1, -0.05) is 6.07 Å². The number of thiophene rings is 1. The Hall–Kier alpha value is -0.380. The number of aliphatic hydroxyl groups is 1. The van der Waals surface area contributed by atoms with Gasteiger partial charge in [-0.2, -0.15) is 0 Å². The van der Waals surface area contributed by atoms with Crippen molar-refractivity contribution < 1.29 is 5.11 Å². The maximum absolute atomic E-state index is 9.62. The predicted octanol–water partition coefficient (Wildman–Crippen LogP) is 1.78. The number of hydrogen-bond acceptors (Lipinski definition) is 3. The Morgan fingerprint density at radius 1 is 1.67 bits per heavy atom. The van der Waals surface area contributed by atoms with Crippen LogP contribution in [0.4, 0.5) is 0 Å². The standard InChI is InChI=1S/C9H15NOS/c1-10-6-2-4-8(11)9-5-3-7-12-9/h3,5,7-8,10-11H,2,4,6H2,1H3/t8-/m0/s1. The Morgan fingerprint density at radius 3 is 3.08 bits per heavy atom. The lowest BCUT2D eigenvalue weighted by molar-refractivity contribution is 0.168. The lowest BCUT2D eigenvalue weighted by Gasteiger charge is -2.07. The van der Waals surface area contributed by atoms with Crippen LogP contribution in [-0.2, 0) is 0 Å². The van der Waals surface area contributed by atoms with Gasteiger partial charge in [0.15, 0.2) is 0 Å². The van der Waals surface area contributed by atoms with E-state index in [4.69, 9.17) is 0 Å². The third-order valence-corrected chi connectivity index (χ3v) is 2.75. The number of rotatable bonds is 5. The number of aliphatic hydroxyl groups excluding tert-OH is 1. The van der Waals surface area contributed by atoms with Gasteiger partial charge in [-0.05, 0) is 37.9 Å². The lowest BCUT2D eigenvalue weighted by Crippen LogP contribution is -2.08. The molecule has 0 aliphatic rings. The molecule has 0 aromatic carbocycles. The molecule has 0 aliphatic heterocycles. The molecule has 12 heavy (non-hydrogen) atoms. The summed E-state index contributed by atoms with van der Waals surface area (Å²) in [5, 5.41) is 14.7. The molecule has 1 aromatic heterocycles. The van der Waals surface area contributed by atoms with Crippen LogP contribution in [0.1, 0.15) is 23.8 Å². The largest absolute Gasteiger partial charge is 0.388 e. The van der Waals surface area contributed by atoms with E-state index in [1.165, 1.54) is 0 Å². The van der Waals surface area contributed by atoms with E-state index >= 15 is 0 Å². The highest BCUT2D eigenvalue weighted by Crippen LogP contribution is 2.22. The first-order chi connectivity index (χ1) is 5.84. The molecule has 68 valence electrons. The second-order valence-corrected chi connectivity index (χ2v) is 3.76. The second kappa shape index (κ2) is 5.30. The Labute approximate surface area is 77.2 Å². The summed E-state index contributed by atoms with van der Waals surface area (Å²) >= 11 is 1.62. The SMILES string of the molecule is CNCCC[C@H](O)c1cccs1. The average molecular weight is 185 g/mol. The van der Waals surface area contributed by atoms with Crippen molar-refractivity contribution in [1.82, 2.24) is 5.32 Å². The summed E-state index contributed by atoms with van der Waals surface area (Å²) in [5.74, 6) is 0. The van der Waals surface area contributed by atoms with E-state index in [1.54, 1.807) is 11.3 Å². The molecule has 1 atom stereocenters. The van der Waals surface area contributed by atoms with Gasteiger partial charge in [0.25, 0.3) is 0 Å². The average Bonchev–Trinajstić information content (AvgIpc) is 2.56. The van der Waals surface area contributed by atoms with Crippen LogP contribution < -0.4 is 5.32 Å². The normalized spacial score (nSPS) is 13.2. The van der Waals surface area contributed by atoms with Crippen LogP contribution in [0.2, 0.25) is 0 Å². The molecule has 0 saturated heterocycles. The molecule has 0 spiro atoms. The number of hydrogen-bond donors (Lipinski definition) is 2. The van der Waals surface area contributed by atoms with E-state index in [-0.39, 0.29) is 6.10 Å². The molecule has 1 aromatic rings. The van der Waals surface area contributed by atoms with Crippen LogP contribution in [0.5, 0.6) is 0 Å². The van der Waals surface area contributed by atoms with Crippen LogP contribution in [0.15, 0.2) is 17.5 Å². The fraction of sp³-hybridized carbons (Fsp3) is 0.556. The van der Waals surface area contributed by atoms with E-state index < -0.39 is 0 Å². The molecule has 0 saturated carbocycles. The van der Waals surface area contributed by atoms with E-state index in [1.807, 2.05) is 24.6 Å². The van der Waals surface area contributed by atoms with Crippen LogP contribution in [-0.4, -0.2) is 18.7 Å². The monoisotopic (exact) mass is 185 g/mol. The second-order valence-electron chi connectivity index (χ2n) is 2.78. The molecule has 0 fully saturated rings. The van der Waals surface area contributed by atoms with E-state index in [2.05, 4.69) is 5.32 Å². The molecule has 0 bridgehead atoms. The predicted molar refractivity (Wildman–Crippen MR) is 52.4 cm³/mol. The van der Waals surface area contributed by atoms with Crippen LogP contribution >= 0.6 is 11.3 Å². The number of nitrogens with one attached hydrogen (secondary N) is 1. The van der Waals surface area contributed by atoms with Gasteiger partial charge in [-0.15, -0.1) is 11.3 Å². The topological polar surface area (TPSA) is 32.3 Å². The van der Waals surface area contributed by atoms with Gasteiger partial charge in [0, 0.05) is 4.88 Å². The van der Waals surface area contributed by atoms with Gasteiger partial charge in [0.2, 0.25) is 0 Å². The minimum absolute atomic E-state index is 0.265. The highest BCUT2D eigenvalue weighted by molar-refractivity contribution is 7.10. The molecule has 0 radical (unpaired) electrons. The smallest absolute Gasteiger partial charge is 0.0882 e. The first-order valence-electron chi connectivity index (χ1n) is 4.20. The molecule has 1 heterocycles. The molecule has 0 amide bonds. The Bertz CT molecular complexity index is 198. The maximum Gasteiger partial charge on any atom is 0.0882 e. The third-order valence-electron chi connectivity index (χ3n) is 1.78. The van der Waals surface area contributed by atoms with Crippen LogP contribution in [0.3, 0.4) is 0 Å². The van der Waals surface area contributed by atoms with E-state index in [0.29, 0.717) is 0 Å². The highest BCUT2D eigenvalue weighted by atomic mass is 32.1. The quantitative estimate of drug-likeness (QED) is 0.685. The minimum atomic E-state index is -0.265. The summed E-state index contributed by atoms with van der Waals surface area (Å²) in [7, 11) is 1.93. The molecule has 2 nitrogen and oxygen atoms in total. The zero-order valence-corrected chi connectivity index (χ0v) is 8.10. The Balaban J connectivity index is 2.25. The van der Waals surface area contributed by atoms with Gasteiger partial charge in [0.05, 0.1) is 6.10 Å². The van der Waals surface area contributed by atoms with Crippen molar-refractivity contribution in [3.63, 3.8) is 0 Å². The fourth-order valence-electron chi connectivity index (χ4n) is 1.10. The maximum atomic E-state index is 9.62. The molecule has 0 unspecified atom stereocenters. The fourth-order valence-corrected chi connectivity index (χ4v) is 1.84. The third kappa shape index (κ3) is 2.93. The van der Waals surface area contributed by atoms with E-state index in [9.17, 15) is 5.11 Å². The van der Waals surface area contributed by atoms with Crippen molar-refractivity contribution in [1.29, 1.82) is 0 Å². The summed E-state index contributed by atoms with van der Waals surface area (Å²) in [6.45, 7) is 0.975. The first-order valence-corrected chi connectivity index (χ1v) is 5.08. The van der Waals surface area contributed by atoms with Crippen molar-refractivity contribution >= 4 is 11.3 Å². The van der Waals surface area contributed by atoms with Crippen LogP contribution in [0.25, 0.3) is 0 Å². The summed E-state index contributed by atoms with van der Waals surface area (Å²) in [6, 6.07) is 3.95. The Morgan fingerprint density at radius 2 is 2.50 bits per heavy atom.